The quantitative estimate of drug-likeness (QED) is 0.700. The summed E-state index contributed by atoms with van der Waals surface area (Å²) >= 11 is 0. The van der Waals surface area contributed by atoms with Crippen molar-refractivity contribution in [2.24, 2.45) is 0 Å². The van der Waals surface area contributed by atoms with Crippen LogP contribution in [0, 0.1) is 0 Å². The van der Waals surface area contributed by atoms with Crippen LogP contribution in [0.1, 0.15) is 61.8 Å². The first-order valence-corrected chi connectivity index (χ1v) is 12.5. The van der Waals surface area contributed by atoms with Crippen LogP contribution in [0.4, 0.5) is 5.69 Å². The molecule has 166 valence electrons. The van der Waals surface area contributed by atoms with Gasteiger partial charge in [0.1, 0.15) is 5.75 Å². The molecule has 7 heteroatoms. The average molecular weight is 443 g/mol. The van der Waals surface area contributed by atoms with E-state index in [1.165, 1.54) is 37.1 Å². The highest BCUT2D eigenvalue weighted by atomic mass is 32.2. The molecule has 0 spiro atoms. The van der Waals surface area contributed by atoms with Crippen LogP contribution in [0.5, 0.6) is 5.75 Å². The summed E-state index contributed by atoms with van der Waals surface area (Å²) in [5.41, 5.74) is 4.22. The molecule has 1 atom stereocenters. The lowest BCUT2D eigenvalue weighted by Gasteiger charge is -2.23. The molecule has 1 amide bonds. The van der Waals surface area contributed by atoms with E-state index in [0.29, 0.717) is 30.8 Å². The van der Waals surface area contributed by atoms with E-state index >= 15 is 0 Å². The Kier molecular flexibility index (Phi) is 6.34. The van der Waals surface area contributed by atoms with E-state index in [4.69, 9.17) is 4.74 Å². The molecule has 6 nitrogen and oxygen atoms in total. The van der Waals surface area contributed by atoms with E-state index in [9.17, 15) is 13.2 Å². The minimum absolute atomic E-state index is 0.0127. The first-order chi connectivity index (χ1) is 14.9. The number of hydrogen-bond acceptors (Lipinski definition) is 4. The van der Waals surface area contributed by atoms with Crippen LogP contribution in [0.2, 0.25) is 0 Å². The molecule has 2 aromatic carbocycles. The fourth-order valence-corrected chi connectivity index (χ4v) is 5.89. The SMILES string of the molecule is CC[C@@H](NS(=O)(=O)c1ccc(OC)c(N2CCCC2=O)c1)c1ccc2c(c1)CCCC2. The number of hydrogen-bond donors (Lipinski definition) is 1. The Morgan fingerprint density at radius 3 is 2.48 bits per heavy atom. The van der Waals surface area contributed by atoms with Crippen LogP contribution < -0.4 is 14.4 Å². The number of ether oxygens (including phenoxy) is 1. The second kappa shape index (κ2) is 9.01. The number of sulfonamides is 1. The second-order valence-electron chi connectivity index (χ2n) is 8.30. The van der Waals surface area contributed by atoms with Gasteiger partial charge in [-0.15, -0.1) is 0 Å². The van der Waals surface area contributed by atoms with Gasteiger partial charge in [0.2, 0.25) is 15.9 Å². The normalized spacial score (nSPS) is 17.5. The predicted octanol–water partition coefficient (Wildman–Crippen LogP) is 4.13. The van der Waals surface area contributed by atoms with Crippen molar-refractivity contribution in [2.45, 2.75) is 62.8 Å². The topological polar surface area (TPSA) is 75.7 Å². The van der Waals surface area contributed by atoms with Crippen molar-refractivity contribution in [2.75, 3.05) is 18.6 Å². The zero-order valence-corrected chi connectivity index (χ0v) is 19.0. The van der Waals surface area contributed by atoms with Crippen molar-refractivity contribution in [1.29, 1.82) is 0 Å². The molecule has 1 fully saturated rings. The molecule has 1 aliphatic carbocycles. The zero-order chi connectivity index (χ0) is 22.0. The molecule has 2 aromatic rings. The van der Waals surface area contributed by atoms with Gasteiger partial charge >= 0.3 is 0 Å². The molecule has 4 rings (SSSR count). The summed E-state index contributed by atoms with van der Waals surface area (Å²) in [4.78, 5) is 14.0. The smallest absolute Gasteiger partial charge is 0.241 e. The molecule has 0 radical (unpaired) electrons. The minimum Gasteiger partial charge on any atom is -0.495 e. The lowest BCUT2D eigenvalue weighted by Crippen LogP contribution is -2.29. The first-order valence-electron chi connectivity index (χ1n) is 11.1. The van der Waals surface area contributed by atoms with Gasteiger partial charge in [0.05, 0.1) is 17.7 Å². The summed E-state index contributed by atoms with van der Waals surface area (Å²) in [6.07, 6.45) is 6.42. The fourth-order valence-electron chi connectivity index (χ4n) is 4.56. The van der Waals surface area contributed by atoms with Crippen molar-refractivity contribution in [3.8, 4) is 5.75 Å². The number of benzene rings is 2. The Labute approximate surface area is 184 Å². The minimum atomic E-state index is -3.78. The summed E-state index contributed by atoms with van der Waals surface area (Å²) in [6.45, 7) is 2.55. The molecule has 0 aromatic heterocycles. The molecule has 0 saturated carbocycles. The third-order valence-corrected chi connectivity index (χ3v) is 7.77. The van der Waals surface area contributed by atoms with Gasteiger partial charge in [-0.1, -0.05) is 25.1 Å². The number of anilines is 1. The maximum atomic E-state index is 13.3. The fraction of sp³-hybridized carbons (Fsp3) is 0.458. The molecule has 2 aliphatic rings. The summed E-state index contributed by atoms with van der Waals surface area (Å²) < 4.78 is 34.8. The maximum Gasteiger partial charge on any atom is 0.241 e. The van der Waals surface area contributed by atoms with Gasteiger partial charge < -0.3 is 9.64 Å². The Morgan fingerprint density at radius 1 is 1.03 bits per heavy atom. The number of carbonyl (C=O) groups excluding carboxylic acids is 1. The molecular weight excluding hydrogens is 412 g/mol. The summed E-state index contributed by atoms with van der Waals surface area (Å²) in [6, 6.07) is 10.7. The number of aryl methyl sites for hydroxylation is 2. The number of methoxy groups -OCH3 is 1. The molecule has 1 saturated heterocycles. The summed E-state index contributed by atoms with van der Waals surface area (Å²) in [5, 5.41) is 0. The predicted molar refractivity (Wildman–Crippen MR) is 121 cm³/mol. The van der Waals surface area contributed by atoms with Gasteiger partial charge in [-0.05, 0) is 73.4 Å². The molecule has 31 heavy (non-hydrogen) atoms. The highest BCUT2D eigenvalue weighted by Gasteiger charge is 2.28. The maximum absolute atomic E-state index is 13.3. The van der Waals surface area contributed by atoms with E-state index in [1.54, 1.807) is 17.0 Å². The van der Waals surface area contributed by atoms with Gasteiger partial charge in [0.15, 0.2) is 0 Å². The van der Waals surface area contributed by atoms with Crippen LogP contribution in [0.15, 0.2) is 41.3 Å². The first kappa shape index (κ1) is 21.8. The molecule has 0 unspecified atom stereocenters. The van der Waals surface area contributed by atoms with Gasteiger partial charge in [-0.3, -0.25) is 4.79 Å². The van der Waals surface area contributed by atoms with Crippen LogP contribution in [-0.2, 0) is 27.7 Å². The standard InChI is InChI=1S/C24H30N2O4S/c1-3-21(19-11-10-17-7-4-5-8-18(17)15-19)25-31(28,29)20-12-13-23(30-2)22(16-20)26-14-6-9-24(26)27/h10-13,15-16,21,25H,3-9,14H2,1-2H3/t21-/m1/s1. The van der Waals surface area contributed by atoms with E-state index in [-0.39, 0.29) is 16.8 Å². The van der Waals surface area contributed by atoms with Crippen LogP contribution in [-0.4, -0.2) is 28.0 Å². The number of nitrogens with one attached hydrogen (secondary N) is 1. The molecule has 1 aliphatic heterocycles. The summed E-state index contributed by atoms with van der Waals surface area (Å²) in [7, 11) is -2.26. The molecule has 0 bridgehead atoms. The second-order valence-corrected chi connectivity index (χ2v) is 10.0. The van der Waals surface area contributed by atoms with Gasteiger partial charge in [-0.2, -0.15) is 0 Å². The van der Waals surface area contributed by atoms with Gasteiger partial charge in [0.25, 0.3) is 0 Å². The van der Waals surface area contributed by atoms with Crippen molar-refractivity contribution in [3.05, 3.63) is 53.1 Å². The monoisotopic (exact) mass is 442 g/mol. The summed E-state index contributed by atoms with van der Waals surface area (Å²) in [5.74, 6) is 0.484. The van der Waals surface area contributed by atoms with E-state index in [0.717, 1.165) is 24.8 Å². The number of fused-ring (bicyclic) bond motifs is 1. The lowest BCUT2D eigenvalue weighted by atomic mass is 9.89. The molecule has 1 N–H and O–H groups in total. The van der Waals surface area contributed by atoms with Crippen molar-refractivity contribution in [1.82, 2.24) is 4.72 Å². The van der Waals surface area contributed by atoms with Crippen LogP contribution in [0.3, 0.4) is 0 Å². The van der Waals surface area contributed by atoms with Crippen LogP contribution in [0.25, 0.3) is 0 Å². The van der Waals surface area contributed by atoms with Gasteiger partial charge in [-0.25, -0.2) is 13.1 Å². The Bertz CT molecular complexity index is 1080. The van der Waals surface area contributed by atoms with E-state index < -0.39 is 10.0 Å². The van der Waals surface area contributed by atoms with Crippen LogP contribution >= 0.6 is 0 Å². The number of carbonyl (C=O) groups is 1. The van der Waals surface area contributed by atoms with Crippen molar-refractivity contribution < 1.29 is 17.9 Å². The number of amides is 1. The highest BCUT2D eigenvalue weighted by Crippen LogP contribution is 2.34. The third-order valence-electron chi connectivity index (χ3n) is 6.31. The molecule has 1 heterocycles. The Morgan fingerprint density at radius 2 is 1.81 bits per heavy atom. The third kappa shape index (κ3) is 4.48. The van der Waals surface area contributed by atoms with E-state index in [1.807, 2.05) is 13.0 Å². The average Bonchev–Trinajstić information content (AvgIpc) is 3.22. The number of nitrogens with zero attached hydrogens (tertiary/aromatic N) is 1. The van der Waals surface area contributed by atoms with Gasteiger partial charge in [0, 0.05) is 19.0 Å². The van der Waals surface area contributed by atoms with E-state index in [2.05, 4.69) is 16.9 Å². The molecular formula is C24H30N2O4S. The van der Waals surface area contributed by atoms with Crippen molar-refractivity contribution in [3.63, 3.8) is 0 Å². The highest BCUT2D eigenvalue weighted by molar-refractivity contribution is 7.89. The zero-order valence-electron chi connectivity index (χ0n) is 18.2. The Hall–Kier alpha value is -2.38. The Balaban J connectivity index is 1.62. The largest absolute Gasteiger partial charge is 0.495 e. The number of rotatable bonds is 7. The lowest BCUT2D eigenvalue weighted by molar-refractivity contribution is -0.117. The van der Waals surface area contributed by atoms with Crippen molar-refractivity contribution >= 4 is 21.6 Å².